The first-order chi connectivity index (χ1) is 26.1. The van der Waals surface area contributed by atoms with Gasteiger partial charge >= 0.3 is 30.5 Å². The zero-order valence-corrected chi connectivity index (χ0v) is 29.9. The SMILES string of the molecule is CO.COC(=O)[C@@H](C[C@](CO[C@H](C)c1cc(C(F)(F)F)cc(C(F)(F)F)c1)(NC(=O)OCc1ccccc1)c1ccccc1)NC(=O)OCc1ccccc1. The van der Waals surface area contributed by atoms with Crippen LogP contribution < -0.4 is 10.6 Å². The van der Waals surface area contributed by atoms with Crippen molar-refractivity contribution in [2.45, 2.75) is 56.6 Å². The lowest BCUT2D eigenvalue weighted by molar-refractivity contribution is -0.144. The number of rotatable bonds is 14. The van der Waals surface area contributed by atoms with Crippen molar-refractivity contribution in [1.82, 2.24) is 10.6 Å². The van der Waals surface area contributed by atoms with Crippen LogP contribution in [0.4, 0.5) is 35.9 Å². The number of carbonyl (C=O) groups excluding carboxylic acids is 3. The molecule has 0 saturated heterocycles. The molecule has 0 aliphatic heterocycles. The molecule has 16 heteroatoms. The summed E-state index contributed by atoms with van der Waals surface area (Å²) in [5, 5.41) is 12.1. The number of hydrogen-bond acceptors (Lipinski definition) is 8. The molecule has 0 bridgehead atoms. The van der Waals surface area contributed by atoms with E-state index in [0.717, 1.165) is 14.2 Å². The normalized spacial score (nSPS) is 13.5. The molecule has 0 radical (unpaired) electrons. The number of benzene rings is 4. The van der Waals surface area contributed by atoms with Gasteiger partial charge in [-0.3, -0.25) is 0 Å². The average molecular weight is 779 g/mol. The van der Waals surface area contributed by atoms with Crippen molar-refractivity contribution in [1.29, 1.82) is 0 Å². The summed E-state index contributed by atoms with van der Waals surface area (Å²) in [6.07, 6.45) is -14.2. The molecule has 0 fully saturated rings. The highest BCUT2D eigenvalue weighted by Crippen LogP contribution is 2.39. The Morgan fingerprint density at radius 3 is 1.58 bits per heavy atom. The van der Waals surface area contributed by atoms with Crippen molar-refractivity contribution in [3.05, 3.63) is 143 Å². The van der Waals surface area contributed by atoms with E-state index in [1.165, 1.54) is 6.92 Å². The molecule has 0 saturated carbocycles. The molecular weight excluding hydrogens is 738 g/mol. The van der Waals surface area contributed by atoms with Gasteiger partial charge in [0.15, 0.2) is 0 Å². The fourth-order valence-corrected chi connectivity index (χ4v) is 5.30. The largest absolute Gasteiger partial charge is 0.467 e. The standard InChI is InChI=1S/C38H36F6N2O7.CH4O/c1-25(28-18-30(37(39,40)41)20-31(19-28)38(42,43)44)53-24-36(29-16-10-5-11-17-29,46-35(49)52-23-27-14-8-4-9-15-27)21-32(33(47)50-2)45-34(48)51-22-26-12-6-3-7-13-26;1-2/h3-20,25,32H,21-24H2,1-2H3,(H,45,48)(H,46,49);2H,1H3/t25-,32-,36-;/m1./s1. The molecular formula is C39H40F6N2O8. The molecule has 0 aliphatic carbocycles. The van der Waals surface area contributed by atoms with Gasteiger partial charge in [-0.15, -0.1) is 0 Å². The van der Waals surface area contributed by atoms with E-state index in [9.17, 15) is 40.7 Å². The van der Waals surface area contributed by atoms with Crippen LogP contribution >= 0.6 is 0 Å². The summed E-state index contributed by atoms with van der Waals surface area (Å²) < 4.78 is 104. The Hall–Kier alpha value is -5.61. The number of aliphatic hydroxyl groups excluding tert-OH is 1. The summed E-state index contributed by atoms with van der Waals surface area (Å²) in [4.78, 5) is 39.6. The predicted octanol–water partition coefficient (Wildman–Crippen LogP) is 8.09. The van der Waals surface area contributed by atoms with E-state index >= 15 is 0 Å². The Balaban J connectivity index is 0.00000399. The maximum Gasteiger partial charge on any atom is 0.416 e. The zero-order valence-electron chi connectivity index (χ0n) is 29.9. The van der Waals surface area contributed by atoms with E-state index in [1.807, 2.05) is 0 Å². The molecule has 0 aliphatic rings. The number of ether oxygens (including phenoxy) is 4. The second kappa shape index (κ2) is 20.2. The second-order valence-electron chi connectivity index (χ2n) is 11.9. The minimum absolute atomic E-state index is 0.00170. The van der Waals surface area contributed by atoms with Crippen molar-refractivity contribution in [3.63, 3.8) is 0 Å². The highest BCUT2D eigenvalue weighted by Gasteiger charge is 2.42. The molecule has 0 aromatic heterocycles. The molecule has 0 heterocycles. The Morgan fingerprint density at radius 2 is 1.13 bits per heavy atom. The Kier molecular flexibility index (Phi) is 16.1. The molecule has 0 spiro atoms. The molecule has 3 N–H and O–H groups in total. The number of aliphatic hydroxyl groups is 1. The smallest absolute Gasteiger partial charge is 0.416 e. The molecule has 4 aromatic carbocycles. The maximum absolute atomic E-state index is 13.7. The van der Waals surface area contributed by atoms with Crippen LogP contribution in [-0.2, 0) is 54.8 Å². The molecule has 4 aromatic rings. The third-order valence-corrected chi connectivity index (χ3v) is 8.08. The summed E-state index contributed by atoms with van der Waals surface area (Å²) in [6, 6.07) is 24.7. The molecule has 3 atom stereocenters. The number of halogens is 6. The Bertz CT molecular complexity index is 1780. The van der Waals surface area contributed by atoms with Gasteiger partial charge in [-0.1, -0.05) is 91.0 Å². The van der Waals surface area contributed by atoms with Crippen LogP contribution in [-0.4, -0.2) is 50.1 Å². The van der Waals surface area contributed by atoms with E-state index in [2.05, 4.69) is 10.6 Å². The first kappa shape index (κ1) is 43.8. The number of alkyl halides is 6. The van der Waals surface area contributed by atoms with Crippen LogP contribution in [0.1, 0.15) is 52.8 Å². The zero-order chi connectivity index (χ0) is 40.6. The predicted molar refractivity (Wildman–Crippen MR) is 187 cm³/mol. The molecule has 2 amide bonds. The molecule has 296 valence electrons. The Labute approximate surface area is 313 Å². The van der Waals surface area contributed by atoms with E-state index in [0.29, 0.717) is 23.3 Å². The number of esters is 1. The van der Waals surface area contributed by atoms with Crippen molar-refractivity contribution in [2.24, 2.45) is 0 Å². The van der Waals surface area contributed by atoms with Crippen LogP contribution in [0.3, 0.4) is 0 Å². The van der Waals surface area contributed by atoms with Crippen molar-refractivity contribution >= 4 is 18.2 Å². The summed E-state index contributed by atoms with van der Waals surface area (Å²) in [5.74, 6) is -0.970. The van der Waals surface area contributed by atoms with E-state index in [1.54, 1.807) is 91.0 Å². The number of amides is 2. The van der Waals surface area contributed by atoms with Crippen LogP contribution in [0.5, 0.6) is 0 Å². The van der Waals surface area contributed by atoms with Crippen molar-refractivity contribution in [3.8, 4) is 0 Å². The maximum atomic E-state index is 13.7. The fraction of sp³-hybridized carbons (Fsp3) is 0.308. The average Bonchev–Trinajstić information content (AvgIpc) is 3.18. The number of methoxy groups -OCH3 is 1. The van der Waals surface area contributed by atoms with Gasteiger partial charge in [0.1, 0.15) is 19.3 Å². The van der Waals surface area contributed by atoms with Crippen LogP contribution in [0, 0.1) is 0 Å². The summed E-state index contributed by atoms with van der Waals surface area (Å²) in [6.45, 7) is 0.232. The van der Waals surface area contributed by atoms with Gasteiger partial charge in [0.05, 0.1) is 36.5 Å². The van der Waals surface area contributed by atoms with Gasteiger partial charge in [-0.2, -0.15) is 26.3 Å². The van der Waals surface area contributed by atoms with Crippen LogP contribution in [0.15, 0.2) is 109 Å². The minimum Gasteiger partial charge on any atom is -0.467 e. The van der Waals surface area contributed by atoms with E-state index in [-0.39, 0.29) is 24.8 Å². The lowest BCUT2D eigenvalue weighted by atomic mass is 9.84. The molecule has 10 nitrogen and oxygen atoms in total. The lowest BCUT2D eigenvalue weighted by Crippen LogP contribution is -2.55. The third kappa shape index (κ3) is 13.3. The summed E-state index contributed by atoms with van der Waals surface area (Å²) in [5.41, 5.74) is -3.84. The number of carbonyl (C=O) groups is 3. The fourth-order valence-electron chi connectivity index (χ4n) is 5.30. The highest BCUT2D eigenvalue weighted by atomic mass is 19.4. The quantitative estimate of drug-likeness (QED) is 0.0665. The number of nitrogens with one attached hydrogen (secondary N) is 2. The van der Waals surface area contributed by atoms with Gasteiger partial charge in [0.2, 0.25) is 0 Å². The van der Waals surface area contributed by atoms with Crippen LogP contribution in [0.25, 0.3) is 0 Å². The number of hydrogen-bond donors (Lipinski definition) is 3. The van der Waals surface area contributed by atoms with E-state index < -0.39 is 77.9 Å². The van der Waals surface area contributed by atoms with Gasteiger partial charge < -0.3 is 34.7 Å². The molecule has 0 unspecified atom stereocenters. The Morgan fingerprint density at radius 1 is 0.673 bits per heavy atom. The first-order valence-corrected chi connectivity index (χ1v) is 16.5. The van der Waals surface area contributed by atoms with Gasteiger partial charge in [-0.25, -0.2) is 14.4 Å². The van der Waals surface area contributed by atoms with E-state index in [4.69, 9.17) is 24.1 Å². The monoisotopic (exact) mass is 778 g/mol. The second-order valence-corrected chi connectivity index (χ2v) is 11.9. The lowest BCUT2D eigenvalue weighted by Gasteiger charge is -2.38. The van der Waals surface area contributed by atoms with Gasteiger partial charge in [0.25, 0.3) is 0 Å². The first-order valence-electron chi connectivity index (χ1n) is 16.5. The molecule has 55 heavy (non-hydrogen) atoms. The highest BCUT2D eigenvalue weighted by molar-refractivity contribution is 5.81. The minimum atomic E-state index is -5.11. The topological polar surface area (TPSA) is 132 Å². The third-order valence-electron chi connectivity index (χ3n) is 8.08. The molecule has 4 rings (SSSR count). The summed E-state index contributed by atoms with van der Waals surface area (Å²) in [7, 11) is 2.06. The van der Waals surface area contributed by atoms with Gasteiger partial charge in [-0.05, 0) is 47.4 Å². The van der Waals surface area contributed by atoms with Crippen molar-refractivity contribution < 1.29 is 64.8 Å². The van der Waals surface area contributed by atoms with Crippen molar-refractivity contribution in [2.75, 3.05) is 20.8 Å². The van der Waals surface area contributed by atoms with Gasteiger partial charge in [0, 0.05) is 13.5 Å². The van der Waals surface area contributed by atoms with Crippen LogP contribution in [0.2, 0.25) is 0 Å². The number of alkyl carbamates (subject to hydrolysis) is 2. The summed E-state index contributed by atoms with van der Waals surface area (Å²) >= 11 is 0.